The van der Waals surface area contributed by atoms with Crippen LogP contribution in [0.4, 0.5) is 10.8 Å². The van der Waals surface area contributed by atoms with Gasteiger partial charge in [0.15, 0.2) is 5.13 Å². The molecule has 0 bridgehead atoms. The zero-order chi connectivity index (χ0) is 18.9. The lowest BCUT2D eigenvalue weighted by atomic mass is 9.86. The third kappa shape index (κ3) is 4.11. The molecule has 2 heterocycles. The largest absolute Gasteiger partial charge is 0.317 e. The second kappa shape index (κ2) is 7.17. The van der Waals surface area contributed by atoms with E-state index < -0.39 is 11.8 Å². The summed E-state index contributed by atoms with van der Waals surface area (Å²) >= 11 is 1.43. The second-order valence-electron chi connectivity index (χ2n) is 7.58. The molecule has 0 radical (unpaired) electrons. The van der Waals surface area contributed by atoms with E-state index in [-0.39, 0.29) is 5.41 Å². The summed E-state index contributed by atoms with van der Waals surface area (Å²) in [7, 11) is 2.06. The molecule has 7 heteroatoms. The molecule has 0 unspecified atom stereocenters. The van der Waals surface area contributed by atoms with E-state index in [9.17, 15) is 9.59 Å². The molecule has 1 aliphatic rings. The highest BCUT2D eigenvalue weighted by Crippen LogP contribution is 2.30. The zero-order valence-corrected chi connectivity index (χ0v) is 16.4. The SMILES string of the molecule is CN1CCc2nc(NC(=O)C(=O)Nc3ccccc3C(C)(C)C)sc2C1. The Morgan fingerprint density at radius 3 is 2.58 bits per heavy atom. The fourth-order valence-electron chi connectivity index (χ4n) is 2.96. The number of nitrogens with zero attached hydrogens (tertiary/aromatic N) is 2. The summed E-state index contributed by atoms with van der Waals surface area (Å²) in [5.74, 6) is -1.39. The van der Waals surface area contributed by atoms with Gasteiger partial charge in [-0.05, 0) is 24.1 Å². The number of nitrogens with one attached hydrogen (secondary N) is 2. The molecule has 1 aromatic heterocycles. The van der Waals surface area contributed by atoms with Gasteiger partial charge in [-0.15, -0.1) is 11.3 Å². The highest BCUT2D eigenvalue weighted by Gasteiger charge is 2.23. The van der Waals surface area contributed by atoms with Crippen LogP contribution in [0.1, 0.15) is 36.9 Å². The van der Waals surface area contributed by atoms with Crippen LogP contribution < -0.4 is 10.6 Å². The first kappa shape index (κ1) is 18.5. The van der Waals surface area contributed by atoms with Gasteiger partial charge in [0.1, 0.15) is 0 Å². The van der Waals surface area contributed by atoms with Crippen molar-refractivity contribution < 1.29 is 9.59 Å². The Morgan fingerprint density at radius 2 is 1.85 bits per heavy atom. The topological polar surface area (TPSA) is 74.3 Å². The summed E-state index contributed by atoms with van der Waals surface area (Å²) < 4.78 is 0. The van der Waals surface area contributed by atoms with E-state index in [1.54, 1.807) is 0 Å². The average Bonchev–Trinajstić information content (AvgIpc) is 2.95. The maximum atomic E-state index is 12.3. The molecular formula is C19H24N4O2S. The van der Waals surface area contributed by atoms with Crippen molar-refractivity contribution in [3.05, 3.63) is 40.4 Å². The first-order valence-corrected chi connectivity index (χ1v) is 9.44. The molecular weight excluding hydrogens is 348 g/mol. The summed E-state index contributed by atoms with van der Waals surface area (Å²) in [5.41, 5.74) is 2.51. The van der Waals surface area contributed by atoms with Crippen LogP contribution in [-0.2, 0) is 28.0 Å². The monoisotopic (exact) mass is 372 g/mol. The van der Waals surface area contributed by atoms with Crippen LogP contribution in [0.15, 0.2) is 24.3 Å². The van der Waals surface area contributed by atoms with Gasteiger partial charge < -0.3 is 10.2 Å². The Hall–Kier alpha value is -2.25. The molecule has 2 amide bonds. The van der Waals surface area contributed by atoms with Gasteiger partial charge in [-0.1, -0.05) is 39.0 Å². The summed E-state index contributed by atoms with van der Waals surface area (Å²) in [5, 5.41) is 5.83. The van der Waals surface area contributed by atoms with Gasteiger partial charge in [0, 0.05) is 30.1 Å². The molecule has 0 atom stereocenters. The van der Waals surface area contributed by atoms with Gasteiger partial charge in [0.05, 0.1) is 5.69 Å². The van der Waals surface area contributed by atoms with E-state index in [0.29, 0.717) is 10.8 Å². The quantitative estimate of drug-likeness (QED) is 0.795. The number of rotatable bonds is 2. The fraction of sp³-hybridized carbons (Fsp3) is 0.421. The number of para-hydroxylation sites is 1. The van der Waals surface area contributed by atoms with E-state index in [0.717, 1.165) is 35.6 Å². The number of fused-ring (bicyclic) bond motifs is 1. The Kier molecular flexibility index (Phi) is 5.11. The predicted octanol–water partition coefficient (Wildman–Crippen LogP) is 3.01. The highest BCUT2D eigenvalue weighted by atomic mass is 32.1. The van der Waals surface area contributed by atoms with Crippen LogP contribution in [0.2, 0.25) is 0 Å². The van der Waals surface area contributed by atoms with Gasteiger partial charge in [-0.25, -0.2) is 4.98 Å². The van der Waals surface area contributed by atoms with Crippen molar-refractivity contribution in [2.75, 3.05) is 24.2 Å². The number of amides is 2. The molecule has 138 valence electrons. The van der Waals surface area contributed by atoms with Crippen molar-refractivity contribution in [1.29, 1.82) is 0 Å². The molecule has 6 nitrogen and oxygen atoms in total. The van der Waals surface area contributed by atoms with E-state index in [1.165, 1.54) is 11.3 Å². The number of hydrogen-bond donors (Lipinski definition) is 2. The molecule has 2 aromatic rings. The summed E-state index contributed by atoms with van der Waals surface area (Å²) in [4.78, 5) is 32.4. The molecule has 1 aliphatic heterocycles. The number of carbonyl (C=O) groups excluding carboxylic acids is 2. The van der Waals surface area contributed by atoms with E-state index >= 15 is 0 Å². The van der Waals surface area contributed by atoms with Crippen molar-refractivity contribution in [2.45, 2.75) is 39.2 Å². The number of anilines is 2. The number of thiazole rings is 1. The Bertz CT molecular complexity index is 838. The number of likely N-dealkylation sites (N-methyl/N-ethyl adjacent to an activating group) is 1. The number of hydrogen-bond acceptors (Lipinski definition) is 5. The van der Waals surface area contributed by atoms with Gasteiger partial charge in [-0.3, -0.25) is 14.9 Å². The lowest BCUT2D eigenvalue weighted by Crippen LogP contribution is -2.30. The Labute approximate surface area is 157 Å². The van der Waals surface area contributed by atoms with Crippen LogP contribution in [0, 0.1) is 0 Å². The third-order valence-corrected chi connectivity index (χ3v) is 5.33. The summed E-state index contributed by atoms with van der Waals surface area (Å²) in [6.07, 6.45) is 0.864. The van der Waals surface area contributed by atoms with Gasteiger partial charge in [0.2, 0.25) is 0 Å². The van der Waals surface area contributed by atoms with Crippen LogP contribution in [0.3, 0.4) is 0 Å². The first-order chi connectivity index (χ1) is 12.2. The van der Waals surface area contributed by atoms with Crippen molar-refractivity contribution >= 4 is 34.0 Å². The number of carbonyl (C=O) groups is 2. The second-order valence-corrected chi connectivity index (χ2v) is 8.66. The van der Waals surface area contributed by atoms with E-state index in [4.69, 9.17) is 0 Å². The predicted molar refractivity (Wildman–Crippen MR) is 105 cm³/mol. The van der Waals surface area contributed by atoms with Crippen molar-refractivity contribution in [3.63, 3.8) is 0 Å². The lowest BCUT2D eigenvalue weighted by Gasteiger charge is -2.22. The Morgan fingerprint density at radius 1 is 1.15 bits per heavy atom. The number of benzene rings is 1. The highest BCUT2D eigenvalue weighted by molar-refractivity contribution is 7.16. The molecule has 0 aliphatic carbocycles. The van der Waals surface area contributed by atoms with Gasteiger partial charge in [-0.2, -0.15) is 0 Å². The molecule has 3 rings (SSSR count). The molecule has 1 aromatic carbocycles. The average molecular weight is 372 g/mol. The van der Waals surface area contributed by atoms with Crippen molar-refractivity contribution in [2.24, 2.45) is 0 Å². The zero-order valence-electron chi connectivity index (χ0n) is 15.5. The minimum absolute atomic E-state index is 0.138. The Balaban J connectivity index is 1.69. The molecule has 0 fully saturated rings. The van der Waals surface area contributed by atoms with Gasteiger partial charge in [0.25, 0.3) is 0 Å². The molecule has 2 N–H and O–H groups in total. The van der Waals surface area contributed by atoms with Crippen LogP contribution in [0.5, 0.6) is 0 Å². The van der Waals surface area contributed by atoms with Crippen LogP contribution >= 0.6 is 11.3 Å². The standard InChI is InChI=1S/C19H24N4O2S/c1-19(2,3)12-7-5-6-8-13(12)20-16(24)17(25)22-18-21-14-9-10-23(4)11-15(14)26-18/h5-8H,9-11H2,1-4H3,(H,20,24)(H,21,22,25). The van der Waals surface area contributed by atoms with Crippen LogP contribution in [0.25, 0.3) is 0 Å². The number of aromatic nitrogens is 1. The van der Waals surface area contributed by atoms with E-state index in [2.05, 4.69) is 48.3 Å². The molecule has 0 saturated heterocycles. The van der Waals surface area contributed by atoms with Crippen molar-refractivity contribution in [3.8, 4) is 0 Å². The summed E-state index contributed by atoms with van der Waals surface area (Å²) in [6, 6.07) is 7.53. The fourth-order valence-corrected chi connectivity index (χ4v) is 4.04. The third-order valence-electron chi connectivity index (χ3n) is 4.33. The van der Waals surface area contributed by atoms with E-state index in [1.807, 2.05) is 24.3 Å². The summed E-state index contributed by atoms with van der Waals surface area (Å²) in [6.45, 7) is 7.97. The normalized spacial score (nSPS) is 14.6. The van der Waals surface area contributed by atoms with Gasteiger partial charge >= 0.3 is 11.8 Å². The van der Waals surface area contributed by atoms with Crippen molar-refractivity contribution in [1.82, 2.24) is 9.88 Å². The first-order valence-electron chi connectivity index (χ1n) is 8.63. The molecule has 0 spiro atoms. The minimum Gasteiger partial charge on any atom is -0.317 e. The minimum atomic E-state index is -0.701. The smallest absolute Gasteiger partial charge is 0.315 e. The maximum Gasteiger partial charge on any atom is 0.315 e. The lowest BCUT2D eigenvalue weighted by molar-refractivity contribution is -0.133. The maximum absolute atomic E-state index is 12.3. The molecule has 0 saturated carbocycles. The molecule has 26 heavy (non-hydrogen) atoms. The van der Waals surface area contributed by atoms with Crippen LogP contribution in [-0.4, -0.2) is 35.3 Å².